The fraction of sp³-hybridized carbons (Fsp3) is 0.500. The molecule has 0 saturated carbocycles. The molecular weight excluding hydrogens is 228 g/mol. The maximum absolute atomic E-state index is 5.40. The van der Waals surface area contributed by atoms with Crippen LogP contribution in [0.4, 0.5) is 0 Å². The van der Waals surface area contributed by atoms with E-state index in [1.54, 1.807) is 0 Å². The molecule has 2 nitrogen and oxygen atoms in total. The molecule has 0 fully saturated rings. The first-order valence-electron chi connectivity index (χ1n) is 6.34. The number of hydrogen-bond acceptors (Lipinski definition) is 1. The summed E-state index contributed by atoms with van der Waals surface area (Å²) in [5.41, 5.74) is 1.30. The second-order valence-electron chi connectivity index (χ2n) is 4.09. The number of rotatable bonds is 6. The number of thiocarbonyl (C=S) groups is 1. The van der Waals surface area contributed by atoms with Crippen molar-refractivity contribution in [3.05, 3.63) is 35.9 Å². The van der Waals surface area contributed by atoms with E-state index in [-0.39, 0.29) is 0 Å². The van der Waals surface area contributed by atoms with Crippen LogP contribution in [0.3, 0.4) is 0 Å². The normalized spacial score (nSPS) is 10.0. The number of nitrogens with zero attached hydrogens (tertiary/aromatic N) is 1. The number of unbranched alkanes of at least 4 members (excludes halogenated alkanes) is 1. The first kappa shape index (κ1) is 14.0. The molecule has 0 aliphatic carbocycles. The highest BCUT2D eigenvalue weighted by molar-refractivity contribution is 7.80. The summed E-state index contributed by atoms with van der Waals surface area (Å²) in [6.07, 6.45) is 2.36. The quantitative estimate of drug-likeness (QED) is 0.616. The molecule has 1 aromatic rings. The molecule has 17 heavy (non-hydrogen) atoms. The molecule has 0 heterocycles. The highest BCUT2D eigenvalue weighted by atomic mass is 32.1. The van der Waals surface area contributed by atoms with Crippen molar-refractivity contribution < 1.29 is 0 Å². The zero-order valence-electron chi connectivity index (χ0n) is 10.8. The van der Waals surface area contributed by atoms with Crippen LogP contribution in [0.1, 0.15) is 32.3 Å². The fourth-order valence-corrected chi connectivity index (χ4v) is 1.91. The summed E-state index contributed by atoms with van der Waals surface area (Å²) in [6, 6.07) is 10.4. The molecule has 0 spiro atoms. The minimum atomic E-state index is 0.866. The molecule has 3 heteroatoms. The first-order valence-corrected chi connectivity index (χ1v) is 6.75. The molecule has 1 N–H and O–H groups in total. The minimum Gasteiger partial charge on any atom is -0.363 e. The Hall–Kier alpha value is -1.09. The van der Waals surface area contributed by atoms with Crippen LogP contribution in [0.5, 0.6) is 0 Å². The number of hydrogen-bond donors (Lipinski definition) is 1. The van der Waals surface area contributed by atoms with Crippen LogP contribution in [-0.2, 0) is 6.54 Å². The second kappa shape index (κ2) is 8.07. The van der Waals surface area contributed by atoms with Crippen LogP contribution in [0.25, 0.3) is 0 Å². The average Bonchev–Trinajstić information content (AvgIpc) is 2.37. The van der Waals surface area contributed by atoms with E-state index in [1.807, 2.05) is 6.07 Å². The molecule has 0 aromatic heterocycles. The van der Waals surface area contributed by atoms with Crippen molar-refractivity contribution in [2.45, 2.75) is 33.2 Å². The summed E-state index contributed by atoms with van der Waals surface area (Å²) in [4.78, 5) is 2.19. The monoisotopic (exact) mass is 250 g/mol. The molecule has 0 aliphatic heterocycles. The minimum absolute atomic E-state index is 0.866. The van der Waals surface area contributed by atoms with Crippen molar-refractivity contribution in [3.63, 3.8) is 0 Å². The van der Waals surface area contributed by atoms with Crippen LogP contribution >= 0.6 is 12.2 Å². The molecule has 1 rings (SSSR count). The summed E-state index contributed by atoms with van der Waals surface area (Å²) in [6.45, 7) is 7.12. The van der Waals surface area contributed by atoms with E-state index in [1.165, 1.54) is 18.4 Å². The van der Waals surface area contributed by atoms with Gasteiger partial charge in [-0.1, -0.05) is 43.7 Å². The van der Waals surface area contributed by atoms with Crippen molar-refractivity contribution in [3.8, 4) is 0 Å². The summed E-state index contributed by atoms with van der Waals surface area (Å²) in [7, 11) is 0. The van der Waals surface area contributed by atoms with Crippen molar-refractivity contribution in [2.75, 3.05) is 13.1 Å². The zero-order valence-corrected chi connectivity index (χ0v) is 11.6. The Balaban J connectivity index is 2.45. The van der Waals surface area contributed by atoms with Crippen LogP contribution in [-0.4, -0.2) is 23.1 Å². The Morgan fingerprint density at radius 3 is 2.53 bits per heavy atom. The summed E-state index contributed by atoms with van der Waals surface area (Å²) < 4.78 is 0. The van der Waals surface area contributed by atoms with Crippen LogP contribution in [0.15, 0.2) is 30.3 Å². The van der Waals surface area contributed by atoms with E-state index in [4.69, 9.17) is 12.2 Å². The van der Waals surface area contributed by atoms with Gasteiger partial charge in [0.15, 0.2) is 5.11 Å². The van der Waals surface area contributed by atoms with Gasteiger partial charge in [-0.05, 0) is 31.1 Å². The highest BCUT2D eigenvalue weighted by Crippen LogP contribution is 2.04. The Morgan fingerprint density at radius 1 is 1.24 bits per heavy atom. The third-order valence-electron chi connectivity index (χ3n) is 2.69. The third-order valence-corrected chi connectivity index (χ3v) is 3.09. The van der Waals surface area contributed by atoms with Gasteiger partial charge in [-0.3, -0.25) is 0 Å². The largest absolute Gasteiger partial charge is 0.363 e. The molecule has 0 unspecified atom stereocenters. The Bertz CT molecular complexity index is 324. The molecule has 94 valence electrons. The molecule has 1 aromatic carbocycles. The lowest BCUT2D eigenvalue weighted by Gasteiger charge is -2.24. The van der Waals surface area contributed by atoms with Gasteiger partial charge in [0.05, 0.1) is 0 Å². The third kappa shape index (κ3) is 5.18. The van der Waals surface area contributed by atoms with Gasteiger partial charge >= 0.3 is 0 Å². The van der Waals surface area contributed by atoms with Crippen molar-refractivity contribution in [1.29, 1.82) is 0 Å². The van der Waals surface area contributed by atoms with Gasteiger partial charge in [0.2, 0.25) is 0 Å². The Morgan fingerprint density at radius 2 is 1.94 bits per heavy atom. The van der Waals surface area contributed by atoms with Crippen LogP contribution < -0.4 is 5.32 Å². The molecule has 0 saturated heterocycles. The maximum Gasteiger partial charge on any atom is 0.169 e. The fourth-order valence-electron chi connectivity index (χ4n) is 1.61. The smallest absolute Gasteiger partial charge is 0.169 e. The summed E-state index contributed by atoms with van der Waals surface area (Å²) >= 11 is 5.40. The molecular formula is C14H22N2S. The Kier molecular flexibility index (Phi) is 6.63. The molecule has 0 aliphatic rings. The predicted octanol–water partition coefficient (Wildman–Crippen LogP) is 3.18. The average molecular weight is 250 g/mol. The topological polar surface area (TPSA) is 15.3 Å². The lowest BCUT2D eigenvalue weighted by molar-refractivity contribution is 0.426. The highest BCUT2D eigenvalue weighted by Gasteiger charge is 2.06. The van der Waals surface area contributed by atoms with E-state index in [2.05, 4.69) is 48.3 Å². The molecule has 0 bridgehead atoms. The van der Waals surface area contributed by atoms with Gasteiger partial charge in [0.25, 0.3) is 0 Å². The molecule has 0 radical (unpaired) electrons. The van der Waals surface area contributed by atoms with Gasteiger partial charge in [-0.25, -0.2) is 0 Å². The van der Waals surface area contributed by atoms with Crippen molar-refractivity contribution in [1.82, 2.24) is 10.2 Å². The lowest BCUT2D eigenvalue weighted by atomic mass is 10.2. The molecule has 0 amide bonds. The standard InChI is InChI=1S/C14H22N2S/c1-3-5-11-15-14(17)16(4-2)12-13-9-7-6-8-10-13/h6-10H,3-5,11-12H2,1-2H3,(H,15,17). The van der Waals surface area contributed by atoms with Crippen LogP contribution in [0, 0.1) is 0 Å². The Labute approximate surface area is 110 Å². The SMILES string of the molecule is CCCCNC(=S)N(CC)Cc1ccccc1. The maximum atomic E-state index is 5.40. The van der Waals surface area contributed by atoms with Gasteiger partial charge in [0.1, 0.15) is 0 Å². The first-order chi connectivity index (χ1) is 8.27. The number of benzene rings is 1. The van der Waals surface area contributed by atoms with E-state index in [9.17, 15) is 0 Å². The van der Waals surface area contributed by atoms with E-state index >= 15 is 0 Å². The van der Waals surface area contributed by atoms with Gasteiger partial charge in [0, 0.05) is 19.6 Å². The van der Waals surface area contributed by atoms with Gasteiger partial charge in [-0.15, -0.1) is 0 Å². The molecule has 0 atom stereocenters. The second-order valence-corrected chi connectivity index (χ2v) is 4.47. The lowest BCUT2D eigenvalue weighted by Crippen LogP contribution is -2.39. The number of nitrogens with one attached hydrogen (secondary N) is 1. The summed E-state index contributed by atoms with van der Waals surface area (Å²) in [5.74, 6) is 0. The zero-order chi connectivity index (χ0) is 12.5. The van der Waals surface area contributed by atoms with Gasteiger partial charge in [-0.2, -0.15) is 0 Å². The van der Waals surface area contributed by atoms with Gasteiger partial charge < -0.3 is 10.2 Å². The van der Waals surface area contributed by atoms with E-state index in [0.717, 1.165) is 24.7 Å². The van der Waals surface area contributed by atoms with Crippen molar-refractivity contribution >= 4 is 17.3 Å². The summed E-state index contributed by atoms with van der Waals surface area (Å²) in [5, 5.41) is 4.18. The van der Waals surface area contributed by atoms with E-state index in [0.29, 0.717) is 0 Å². The van der Waals surface area contributed by atoms with E-state index < -0.39 is 0 Å². The van der Waals surface area contributed by atoms with Crippen LogP contribution in [0.2, 0.25) is 0 Å². The van der Waals surface area contributed by atoms with Crippen molar-refractivity contribution in [2.24, 2.45) is 0 Å². The predicted molar refractivity (Wildman–Crippen MR) is 78.0 cm³/mol.